The van der Waals surface area contributed by atoms with E-state index < -0.39 is 26.0 Å². The molecule has 202 valence electrons. The maximum Gasteiger partial charge on any atom is 0.243 e. The van der Waals surface area contributed by atoms with Gasteiger partial charge in [-0.3, -0.25) is 4.79 Å². The minimum absolute atomic E-state index is 0.0180. The van der Waals surface area contributed by atoms with E-state index in [1.165, 1.54) is 28.6 Å². The predicted molar refractivity (Wildman–Crippen MR) is 144 cm³/mol. The molecule has 2 atom stereocenters. The van der Waals surface area contributed by atoms with E-state index >= 15 is 0 Å². The molecule has 37 heavy (non-hydrogen) atoms. The van der Waals surface area contributed by atoms with E-state index in [-0.39, 0.29) is 34.3 Å². The van der Waals surface area contributed by atoms with Crippen molar-refractivity contribution in [3.63, 3.8) is 0 Å². The molecule has 2 aliphatic rings. The van der Waals surface area contributed by atoms with E-state index in [0.29, 0.717) is 18.5 Å². The van der Waals surface area contributed by atoms with Crippen LogP contribution >= 0.6 is 0 Å². The first-order chi connectivity index (χ1) is 17.7. The second-order valence-corrected chi connectivity index (χ2v) is 13.8. The number of sulfonamides is 2. The molecule has 0 saturated heterocycles. The van der Waals surface area contributed by atoms with E-state index in [9.17, 15) is 21.6 Å². The average molecular weight is 548 g/mol. The Kier molecular flexibility index (Phi) is 9.05. The van der Waals surface area contributed by atoms with Crippen LogP contribution in [0.1, 0.15) is 64.7 Å². The predicted octanol–water partition coefficient (Wildman–Crippen LogP) is 4.51. The number of hydrogen-bond acceptors (Lipinski definition) is 5. The quantitative estimate of drug-likeness (QED) is 0.480. The fourth-order valence-corrected chi connectivity index (χ4v) is 8.35. The van der Waals surface area contributed by atoms with Gasteiger partial charge in [-0.05, 0) is 68.0 Å². The molecule has 4 rings (SSSR count). The molecular weight excluding hydrogens is 510 g/mol. The molecule has 1 amide bonds. The minimum atomic E-state index is -4.03. The number of para-hydroxylation sites is 1. The van der Waals surface area contributed by atoms with Gasteiger partial charge in [-0.15, -0.1) is 0 Å². The minimum Gasteiger partial charge on any atom is -0.325 e. The lowest BCUT2D eigenvalue weighted by Crippen LogP contribution is -2.45. The smallest absolute Gasteiger partial charge is 0.243 e. The molecule has 0 radical (unpaired) electrons. The van der Waals surface area contributed by atoms with Gasteiger partial charge in [0.2, 0.25) is 26.0 Å². The van der Waals surface area contributed by atoms with Gasteiger partial charge >= 0.3 is 0 Å². The summed E-state index contributed by atoms with van der Waals surface area (Å²) < 4.78 is 57.5. The van der Waals surface area contributed by atoms with Gasteiger partial charge < -0.3 is 5.32 Å². The van der Waals surface area contributed by atoms with Crippen LogP contribution in [0.4, 0.5) is 5.69 Å². The Hall–Kier alpha value is -2.27. The van der Waals surface area contributed by atoms with Crippen LogP contribution in [0.2, 0.25) is 0 Å². The average Bonchev–Trinajstić information content (AvgIpc) is 2.89. The molecule has 2 unspecified atom stereocenters. The number of anilines is 1. The summed E-state index contributed by atoms with van der Waals surface area (Å²) in [6.45, 7) is 1.75. The number of carbonyl (C=O) groups excluding carboxylic acids is 1. The van der Waals surface area contributed by atoms with Crippen LogP contribution in [0.15, 0.2) is 64.4 Å². The molecular formula is C27H37N3O5S2. The van der Waals surface area contributed by atoms with Crippen LogP contribution in [0, 0.1) is 5.92 Å². The highest BCUT2D eigenvalue weighted by Crippen LogP contribution is 2.29. The van der Waals surface area contributed by atoms with Crippen LogP contribution in [0.3, 0.4) is 0 Å². The van der Waals surface area contributed by atoms with Gasteiger partial charge in [0.1, 0.15) is 0 Å². The Labute approximate surface area is 220 Å². The molecule has 2 saturated carbocycles. The second kappa shape index (κ2) is 12.1. The van der Waals surface area contributed by atoms with Crippen LogP contribution in [0.5, 0.6) is 0 Å². The van der Waals surface area contributed by atoms with Crippen molar-refractivity contribution in [3.05, 3.63) is 54.6 Å². The van der Waals surface area contributed by atoms with Gasteiger partial charge in [0.05, 0.1) is 16.3 Å². The van der Waals surface area contributed by atoms with E-state index in [1.54, 1.807) is 24.3 Å². The summed E-state index contributed by atoms with van der Waals surface area (Å²) in [5, 5.41) is 2.77. The molecule has 0 spiro atoms. The lowest BCUT2D eigenvalue weighted by Gasteiger charge is -2.33. The van der Waals surface area contributed by atoms with Gasteiger partial charge in [-0.25, -0.2) is 21.6 Å². The maximum atomic E-state index is 13.7. The molecule has 2 aliphatic carbocycles. The molecule has 0 aliphatic heterocycles. The van der Waals surface area contributed by atoms with Crippen LogP contribution in [-0.2, 0) is 24.8 Å². The van der Waals surface area contributed by atoms with Gasteiger partial charge in [0, 0.05) is 17.8 Å². The summed E-state index contributed by atoms with van der Waals surface area (Å²) in [6, 6.07) is 13.9. The fourth-order valence-electron chi connectivity index (χ4n) is 5.33. The summed E-state index contributed by atoms with van der Waals surface area (Å²) in [4.78, 5) is 12.9. The highest BCUT2D eigenvalue weighted by Gasteiger charge is 2.34. The zero-order valence-corrected chi connectivity index (χ0v) is 22.9. The first-order valence-corrected chi connectivity index (χ1v) is 16.1. The largest absolute Gasteiger partial charge is 0.325 e. The molecule has 8 nitrogen and oxygen atoms in total. The number of benzene rings is 2. The van der Waals surface area contributed by atoms with Crippen molar-refractivity contribution in [1.82, 2.24) is 9.03 Å². The van der Waals surface area contributed by atoms with Gasteiger partial charge in [-0.1, -0.05) is 57.2 Å². The van der Waals surface area contributed by atoms with Crippen molar-refractivity contribution >= 4 is 31.6 Å². The van der Waals surface area contributed by atoms with E-state index in [1.807, 2.05) is 6.07 Å². The van der Waals surface area contributed by atoms with Crippen molar-refractivity contribution in [3.8, 4) is 0 Å². The summed E-state index contributed by atoms with van der Waals surface area (Å²) in [5.74, 6) is -0.153. The fraction of sp³-hybridized carbons (Fsp3) is 0.519. The lowest BCUT2D eigenvalue weighted by atomic mass is 9.87. The number of amides is 1. The number of hydrogen-bond donors (Lipinski definition) is 2. The summed E-state index contributed by atoms with van der Waals surface area (Å²) in [6.07, 6.45) is 8.10. The SMILES string of the molecule is CC1CCCCC1NS(=O)(=O)c1ccc(S(=O)(=O)N(CC(=O)Nc2ccccc2)C2CCCCC2)cc1. The first-order valence-electron chi connectivity index (χ1n) is 13.2. The number of nitrogens with zero attached hydrogens (tertiary/aromatic N) is 1. The Balaban J connectivity index is 1.53. The highest BCUT2D eigenvalue weighted by molar-refractivity contribution is 7.89. The van der Waals surface area contributed by atoms with Crippen molar-refractivity contribution in [2.75, 3.05) is 11.9 Å². The molecule has 0 bridgehead atoms. The van der Waals surface area contributed by atoms with Crippen molar-refractivity contribution in [2.24, 2.45) is 5.92 Å². The Morgan fingerprint density at radius 2 is 1.41 bits per heavy atom. The topological polar surface area (TPSA) is 113 Å². The zero-order chi connectivity index (χ0) is 26.5. The summed E-state index contributed by atoms with van der Waals surface area (Å²) in [5.41, 5.74) is 0.600. The normalized spacial score (nSPS) is 21.6. The van der Waals surface area contributed by atoms with Crippen LogP contribution in [0.25, 0.3) is 0 Å². The third kappa shape index (κ3) is 6.98. The summed E-state index contributed by atoms with van der Waals surface area (Å²) in [7, 11) is -7.80. The van der Waals surface area contributed by atoms with E-state index in [0.717, 1.165) is 44.9 Å². The van der Waals surface area contributed by atoms with Crippen molar-refractivity contribution < 1.29 is 21.6 Å². The lowest BCUT2D eigenvalue weighted by molar-refractivity contribution is -0.116. The van der Waals surface area contributed by atoms with E-state index in [2.05, 4.69) is 17.0 Å². The van der Waals surface area contributed by atoms with Gasteiger partial charge in [0.25, 0.3) is 0 Å². The molecule has 10 heteroatoms. The molecule has 0 heterocycles. The highest BCUT2D eigenvalue weighted by atomic mass is 32.2. The van der Waals surface area contributed by atoms with Gasteiger partial charge in [0.15, 0.2) is 0 Å². The molecule has 2 aromatic carbocycles. The first kappa shape index (κ1) is 27.8. The Bertz CT molecular complexity index is 1260. The Morgan fingerprint density at radius 1 is 0.811 bits per heavy atom. The van der Waals surface area contributed by atoms with Crippen molar-refractivity contribution in [2.45, 2.75) is 86.6 Å². The van der Waals surface area contributed by atoms with Crippen LogP contribution in [-0.4, -0.2) is 45.7 Å². The molecule has 2 aromatic rings. The standard InChI is InChI=1S/C27H37N3O5S2/c1-21-10-8-9-15-26(21)29-36(32,33)24-16-18-25(19-17-24)37(34,35)30(23-13-6-3-7-14-23)20-27(31)28-22-11-4-2-5-12-22/h2,4-5,11-12,16-19,21,23,26,29H,3,6-10,13-15,20H2,1H3,(H,28,31). The third-order valence-corrected chi connectivity index (χ3v) is 10.9. The Morgan fingerprint density at radius 3 is 2.05 bits per heavy atom. The van der Waals surface area contributed by atoms with Gasteiger partial charge in [-0.2, -0.15) is 4.31 Å². The van der Waals surface area contributed by atoms with E-state index in [4.69, 9.17) is 0 Å². The molecule has 2 fully saturated rings. The monoisotopic (exact) mass is 547 g/mol. The molecule has 0 aromatic heterocycles. The second-order valence-electron chi connectivity index (χ2n) is 10.2. The number of carbonyl (C=O) groups is 1. The van der Waals surface area contributed by atoms with Crippen LogP contribution < -0.4 is 10.0 Å². The summed E-state index contributed by atoms with van der Waals surface area (Å²) >= 11 is 0. The van der Waals surface area contributed by atoms with Crippen molar-refractivity contribution in [1.29, 1.82) is 0 Å². The molecule has 2 N–H and O–H groups in total. The third-order valence-electron chi connectivity index (χ3n) is 7.50. The number of rotatable bonds is 9. The maximum absolute atomic E-state index is 13.7. The number of nitrogens with one attached hydrogen (secondary N) is 2. The zero-order valence-electron chi connectivity index (χ0n) is 21.3.